The van der Waals surface area contributed by atoms with E-state index in [2.05, 4.69) is 0 Å². The second-order valence-electron chi connectivity index (χ2n) is 4.95. The van der Waals surface area contributed by atoms with Crippen molar-refractivity contribution in [3.05, 3.63) is 45.1 Å². The highest BCUT2D eigenvalue weighted by Gasteiger charge is 2.22. The normalized spacial score (nSPS) is 12.8. The molecule has 2 aromatic rings. The first-order chi connectivity index (χ1) is 9.36. The molecule has 2 rings (SSSR count). The molecule has 0 saturated heterocycles. The van der Waals surface area contributed by atoms with E-state index in [1.165, 1.54) is 6.92 Å². The minimum atomic E-state index is -1.12. The molecule has 1 heterocycles. The number of carboxylic acid groups (broad SMARTS) is 1. The molecule has 6 heteroatoms. The first kappa shape index (κ1) is 14.0. The third kappa shape index (κ3) is 2.03. The van der Waals surface area contributed by atoms with Crippen molar-refractivity contribution in [2.24, 2.45) is 0 Å². The lowest BCUT2D eigenvalue weighted by Crippen LogP contribution is -2.43. The predicted octanol–water partition coefficient (Wildman–Crippen LogP) is 1.39. The smallest absolute Gasteiger partial charge is 0.332 e. The fourth-order valence-electron chi connectivity index (χ4n) is 2.24. The molecule has 0 radical (unpaired) electrons. The fourth-order valence-corrected chi connectivity index (χ4v) is 2.24. The van der Waals surface area contributed by atoms with Gasteiger partial charge in [-0.3, -0.25) is 13.9 Å². The first-order valence-electron chi connectivity index (χ1n) is 6.34. The van der Waals surface area contributed by atoms with E-state index in [0.717, 1.165) is 9.13 Å². The van der Waals surface area contributed by atoms with Gasteiger partial charge in [-0.25, -0.2) is 9.59 Å². The fraction of sp³-hybridized carbons (Fsp3) is 0.357. The molecule has 1 N–H and O–H groups in total. The average Bonchev–Trinajstić information content (AvgIpc) is 2.38. The van der Waals surface area contributed by atoms with Crippen molar-refractivity contribution in [1.29, 1.82) is 0 Å². The number of hydrogen-bond acceptors (Lipinski definition) is 3. The third-order valence-corrected chi connectivity index (χ3v) is 3.29. The summed E-state index contributed by atoms with van der Waals surface area (Å²) in [5.74, 6) is -1.12. The zero-order chi connectivity index (χ0) is 15.0. The molecule has 0 amide bonds. The van der Waals surface area contributed by atoms with Crippen molar-refractivity contribution in [1.82, 2.24) is 9.13 Å². The zero-order valence-electron chi connectivity index (χ0n) is 11.5. The Kier molecular flexibility index (Phi) is 3.48. The predicted molar refractivity (Wildman–Crippen MR) is 75.2 cm³/mol. The molecule has 0 aliphatic carbocycles. The Hall–Kier alpha value is -2.37. The SMILES string of the molecule is CC(C)n1c(=O)c2ccccc2n(C(C)C(=O)O)c1=O. The molecule has 0 bridgehead atoms. The monoisotopic (exact) mass is 276 g/mol. The molecule has 0 spiro atoms. The Bertz CT molecular complexity index is 786. The molecular formula is C14H16N2O4. The van der Waals surface area contributed by atoms with Crippen molar-refractivity contribution >= 4 is 16.9 Å². The third-order valence-electron chi connectivity index (χ3n) is 3.29. The van der Waals surface area contributed by atoms with Crippen molar-refractivity contribution < 1.29 is 9.90 Å². The van der Waals surface area contributed by atoms with Gasteiger partial charge in [0.05, 0.1) is 10.9 Å². The molecule has 106 valence electrons. The molecule has 1 aromatic heterocycles. The number of rotatable bonds is 3. The second-order valence-corrected chi connectivity index (χ2v) is 4.95. The molecule has 0 aliphatic heterocycles. The van der Waals surface area contributed by atoms with Gasteiger partial charge < -0.3 is 5.11 Å². The summed E-state index contributed by atoms with van der Waals surface area (Å²) in [6.45, 7) is 4.85. The molecule has 0 fully saturated rings. The second kappa shape index (κ2) is 4.96. The van der Waals surface area contributed by atoms with Gasteiger partial charge in [-0.05, 0) is 32.9 Å². The van der Waals surface area contributed by atoms with Gasteiger partial charge in [0.2, 0.25) is 0 Å². The summed E-state index contributed by atoms with van der Waals surface area (Å²) in [6, 6.07) is 5.16. The average molecular weight is 276 g/mol. The van der Waals surface area contributed by atoms with Gasteiger partial charge in [-0.2, -0.15) is 0 Å². The van der Waals surface area contributed by atoms with Gasteiger partial charge in [0.25, 0.3) is 5.56 Å². The zero-order valence-corrected chi connectivity index (χ0v) is 11.5. The summed E-state index contributed by atoms with van der Waals surface area (Å²) < 4.78 is 2.24. The summed E-state index contributed by atoms with van der Waals surface area (Å²) in [4.78, 5) is 36.0. The maximum absolute atomic E-state index is 12.5. The number of aromatic nitrogens is 2. The number of hydrogen-bond donors (Lipinski definition) is 1. The van der Waals surface area contributed by atoms with Crippen molar-refractivity contribution in [3.63, 3.8) is 0 Å². The minimum Gasteiger partial charge on any atom is -0.480 e. The van der Waals surface area contributed by atoms with Crippen LogP contribution in [0.2, 0.25) is 0 Å². The lowest BCUT2D eigenvalue weighted by molar-refractivity contribution is -0.140. The topological polar surface area (TPSA) is 81.3 Å². The van der Waals surface area contributed by atoms with E-state index in [-0.39, 0.29) is 6.04 Å². The number of benzene rings is 1. The Balaban J connectivity index is 3.03. The summed E-state index contributed by atoms with van der Waals surface area (Å²) in [6.07, 6.45) is 0. The molecular weight excluding hydrogens is 260 g/mol. The van der Waals surface area contributed by atoms with Gasteiger partial charge in [-0.15, -0.1) is 0 Å². The maximum atomic E-state index is 12.5. The first-order valence-corrected chi connectivity index (χ1v) is 6.34. The molecule has 1 aromatic carbocycles. The van der Waals surface area contributed by atoms with E-state index in [9.17, 15) is 19.5 Å². The highest BCUT2D eigenvalue weighted by molar-refractivity contribution is 5.81. The van der Waals surface area contributed by atoms with Crippen LogP contribution < -0.4 is 11.2 Å². The lowest BCUT2D eigenvalue weighted by atomic mass is 10.2. The van der Waals surface area contributed by atoms with Crippen molar-refractivity contribution in [2.45, 2.75) is 32.9 Å². The summed E-state index contributed by atoms with van der Waals surface area (Å²) in [5.41, 5.74) is -0.651. The van der Waals surface area contributed by atoms with Gasteiger partial charge in [0, 0.05) is 6.04 Å². The number of aliphatic carboxylic acids is 1. The highest BCUT2D eigenvalue weighted by Crippen LogP contribution is 2.14. The quantitative estimate of drug-likeness (QED) is 0.918. The van der Waals surface area contributed by atoms with E-state index in [1.54, 1.807) is 38.1 Å². The van der Waals surface area contributed by atoms with Crippen LogP contribution in [0.4, 0.5) is 0 Å². The van der Waals surface area contributed by atoms with Crippen LogP contribution in [-0.4, -0.2) is 20.2 Å². The van der Waals surface area contributed by atoms with E-state index in [0.29, 0.717) is 10.9 Å². The number of carboxylic acids is 1. The summed E-state index contributed by atoms with van der Waals surface area (Å²) >= 11 is 0. The summed E-state index contributed by atoms with van der Waals surface area (Å²) in [5, 5.41) is 9.51. The molecule has 1 atom stereocenters. The van der Waals surface area contributed by atoms with Crippen LogP contribution in [0.1, 0.15) is 32.9 Å². The van der Waals surface area contributed by atoms with Crippen LogP contribution in [-0.2, 0) is 4.79 Å². The molecule has 0 aliphatic rings. The van der Waals surface area contributed by atoms with Crippen LogP contribution in [0.15, 0.2) is 33.9 Å². The van der Waals surface area contributed by atoms with Crippen LogP contribution in [0, 0.1) is 0 Å². The number of fused-ring (bicyclic) bond motifs is 1. The van der Waals surface area contributed by atoms with Crippen molar-refractivity contribution in [2.75, 3.05) is 0 Å². The maximum Gasteiger partial charge on any atom is 0.332 e. The van der Waals surface area contributed by atoms with Crippen LogP contribution in [0.5, 0.6) is 0 Å². The molecule has 20 heavy (non-hydrogen) atoms. The van der Waals surface area contributed by atoms with Gasteiger partial charge in [0.1, 0.15) is 6.04 Å². The number of para-hydroxylation sites is 1. The molecule has 0 saturated carbocycles. The largest absolute Gasteiger partial charge is 0.480 e. The number of carbonyl (C=O) groups is 1. The molecule has 1 unspecified atom stereocenters. The van der Waals surface area contributed by atoms with E-state index < -0.39 is 23.3 Å². The highest BCUT2D eigenvalue weighted by atomic mass is 16.4. The summed E-state index contributed by atoms with van der Waals surface area (Å²) in [7, 11) is 0. The Labute approximate surface area is 114 Å². The Morgan fingerprint density at radius 2 is 1.70 bits per heavy atom. The minimum absolute atomic E-state index is 0.341. The van der Waals surface area contributed by atoms with E-state index in [4.69, 9.17) is 0 Å². The molecule has 6 nitrogen and oxygen atoms in total. The van der Waals surface area contributed by atoms with Gasteiger partial charge >= 0.3 is 11.7 Å². The Morgan fingerprint density at radius 3 is 2.25 bits per heavy atom. The lowest BCUT2D eigenvalue weighted by Gasteiger charge is -2.18. The van der Waals surface area contributed by atoms with E-state index in [1.807, 2.05) is 0 Å². The van der Waals surface area contributed by atoms with Crippen LogP contribution >= 0.6 is 0 Å². The standard InChI is InChI=1S/C14H16N2O4/c1-8(2)15-12(17)10-6-4-5-7-11(10)16(14(15)20)9(3)13(18)19/h4-9H,1-3H3,(H,18,19). The van der Waals surface area contributed by atoms with Crippen LogP contribution in [0.25, 0.3) is 10.9 Å². The van der Waals surface area contributed by atoms with Gasteiger partial charge in [-0.1, -0.05) is 12.1 Å². The van der Waals surface area contributed by atoms with Gasteiger partial charge in [0.15, 0.2) is 0 Å². The van der Waals surface area contributed by atoms with Crippen LogP contribution in [0.3, 0.4) is 0 Å². The Morgan fingerprint density at radius 1 is 1.10 bits per heavy atom. The number of nitrogens with zero attached hydrogens (tertiary/aromatic N) is 2. The van der Waals surface area contributed by atoms with E-state index >= 15 is 0 Å². The van der Waals surface area contributed by atoms with Crippen molar-refractivity contribution in [3.8, 4) is 0 Å².